The largest absolute Gasteiger partial charge is 0.399 e. The zero-order valence-electron chi connectivity index (χ0n) is 13.6. The quantitative estimate of drug-likeness (QED) is 0.541. The van der Waals surface area contributed by atoms with E-state index in [4.69, 9.17) is 11.5 Å². The second kappa shape index (κ2) is 8.47. The Morgan fingerprint density at radius 2 is 1.32 bits per heavy atom. The highest BCUT2D eigenvalue weighted by molar-refractivity contribution is 5.40. The molecule has 0 aliphatic carbocycles. The maximum Gasteiger partial charge on any atom is 0.0314 e. The standard InChI is InChI=1S/C20H28N2/c1-2-16(15-18-9-13-20(22)14-10-18)5-3-4-6-17-7-11-19(21)12-8-17/h7-14,16H,2-6,15,21-22H2,1H3. The molecule has 0 amide bonds. The van der Waals surface area contributed by atoms with Crippen LogP contribution in [0.1, 0.15) is 43.7 Å². The summed E-state index contributed by atoms with van der Waals surface area (Å²) in [5, 5.41) is 0. The van der Waals surface area contributed by atoms with Crippen LogP contribution in [-0.4, -0.2) is 0 Å². The molecule has 0 aliphatic heterocycles. The molecule has 1 atom stereocenters. The Bertz CT molecular complexity index is 543. The Kier molecular flexibility index (Phi) is 6.32. The Balaban J connectivity index is 1.71. The predicted molar refractivity (Wildman–Crippen MR) is 96.7 cm³/mol. The molecule has 22 heavy (non-hydrogen) atoms. The summed E-state index contributed by atoms with van der Waals surface area (Å²) in [5.41, 5.74) is 15.9. The summed E-state index contributed by atoms with van der Waals surface area (Å²) in [6.07, 6.45) is 7.40. The van der Waals surface area contributed by atoms with Crippen LogP contribution in [0.3, 0.4) is 0 Å². The van der Waals surface area contributed by atoms with Crippen LogP contribution >= 0.6 is 0 Å². The minimum Gasteiger partial charge on any atom is -0.399 e. The third-order valence-electron chi connectivity index (χ3n) is 4.39. The van der Waals surface area contributed by atoms with Crippen LogP contribution in [0.5, 0.6) is 0 Å². The number of rotatable bonds is 8. The van der Waals surface area contributed by atoms with Gasteiger partial charge >= 0.3 is 0 Å². The second-order valence-electron chi connectivity index (χ2n) is 6.21. The van der Waals surface area contributed by atoms with E-state index in [-0.39, 0.29) is 0 Å². The number of hydrogen-bond donors (Lipinski definition) is 2. The number of aryl methyl sites for hydroxylation is 1. The molecule has 0 radical (unpaired) electrons. The van der Waals surface area contributed by atoms with Gasteiger partial charge in [-0.05, 0) is 60.6 Å². The van der Waals surface area contributed by atoms with Crippen molar-refractivity contribution < 1.29 is 0 Å². The van der Waals surface area contributed by atoms with Crippen LogP contribution in [0.25, 0.3) is 0 Å². The molecule has 0 aromatic heterocycles. The number of nitrogen functional groups attached to an aromatic ring is 2. The Hall–Kier alpha value is -1.96. The molecule has 2 nitrogen and oxygen atoms in total. The fraction of sp³-hybridized carbons (Fsp3) is 0.400. The Labute approximate surface area is 134 Å². The molecular weight excluding hydrogens is 268 g/mol. The summed E-state index contributed by atoms with van der Waals surface area (Å²) >= 11 is 0. The first kappa shape index (κ1) is 16.4. The van der Waals surface area contributed by atoms with Crippen LogP contribution in [0.15, 0.2) is 48.5 Å². The highest BCUT2D eigenvalue weighted by Crippen LogP contribution is 2.20. The van der Waals surface area contributed by atoms with E-state index in [1.165, 1.54) is 43.2 Å². The zero-order chi connectivity index (χ0) is 15.8. The molecule has 0 fully saturated rings. The summed E-state index contributed by atoms with van der Waals surface area (Å²) in [5.74, 6) is 0.773. The summed E-state index contributed by atoms with van der Waals surface area (Å²) < 4.78 is 0. The van der Waals surface area contributed by atoms with E-state index >= 15 is 0 Å². The molecule has 0 saturated carbocycles. The van der Waals surface area contributed by atoms with E-state index in [9.17, 15) is 0 Å². The molecular formula is C20H28N2. The van der Waals surface area contributed by atoms with Gasteiger partial charge in [-0.2, -0.15) is 0 Å². The topological polar surface area (TPSA) is 52.0 Å². The average molecular weight is 296 g/mol. The van der Waals surface area contributed by atoms with Gasteiger partial charge < -0.3 is 11.5 Å². The lowest BCUT2D eigenvalue weighted by Gasteiger charge is -2.15. The summed E-state index contributed by atoms with van der Waals surface area (Å²) in [6, 6.07) is 16.6. The van der Waals surface area contributed by atoms with E-state index in [1.807, 2.05) is 24.3 Å². The van der Waals surface area contributed by atoms with Crippen molar-refractivity contribution in [2.24, 2.45) is 5.92 Å². The molecule has 2 rings (SSSR count). The van der Waals surface area contributed by atoms with Crippen molar-refractivity contribution in [3.63, 3.8) is 0 Å². The summed E-state index contributed by atoms with van der Waals surface area (Å²) in [6.45, 7) is 2.29. The first-order valence-electron chi connectivity index (χ1n) is 8.36. The van der Waals surface area contributed by atoms with Gasteiger partial charge in [0, 0.05) is 11.4 Å². The van der Waals surface area contributed by atoms with Crippen molar-refractivity contribution in [2.75, 3.05) is 11.5 Å². The zero-order valence-corrected chi connectivity index (χ0v) is 13.6. The van der Waals surface area contributed by atoms with E-state index in [0.717, 1.165) is 23.7 Å². The highest BCUT2D eigenvalue weighted by Gasteiger charge is 2.07. The molecule has 2 aromatic carbocycles. The molecule has 4 N–H and O–H groups in total. The van der Waals surface area contributed by atoms with Gasteiger partial charge in [-0.15, -0.1) is 0 Å². The SMILES string of the molecule is CCC(CCCCc1ccc(N)cc1)Cc1ccc(N)cc1. The van der Waals surface area contributed by atoms with Gasteiger partial charge in [0.2, 0.25) is 0 Å². The van der Waals surface area contributed by atoms with E-state index in [1.54, 1.807) is 0 Å². The first-order chi connectivity index (χ1) is 10.7. The van der Waals surface area contributed by atoms with Crippen molar-refractivity contribution >= 4 is 11.4 Å². The van der Waals surface area contributed by atoms with Gasteiger partial charge in [0.15, 0.2) is 0 Å². The smallest absolute Gasteiger partial charge is 0.0314 e. The molecule has 0 saturated heterocycles. The molecule has 0 spiro atoms. The molecule has 0 bridgehead atoms. The van der Waals surface area contributed by atoms with E-state index in [2.05, 4.69) is 31.2 Å². The first-order valence-corrected chi connectivity index (χ1v) is 8.36. The number of hydrogen-bond acceptors (Lipinski definition) is 2. The third-order valence-corrected chi connectivity index (χ3v) is 4.39. The number of nitrogens with two attached hydrogens (primary N) is 2. The fourth-order valence-corrected chi connectivity index (χ4v) is 2.88. The minimum absolute atomic E-state index is 0.773. The van der Waals surface area contributed by atoms with Gasteiger partial charge in [-0.1, -0.05) is 50.5 Å². The lowest BCUT2D eigenvalue weighted by Crippen LogP contribution is -2.04. The van der Waals surface area contributed by atoms with Gasteiger partial charge in [0.05, 0.1) is 0 Å². The number of unbranched alkanes of at least 4 members (excludes halogenated alkanes) is 1. The lowest BCUT2D eigenvalue weighted by molar-refractivity contribution is 0.444. The monoisotopic (exact) mass is 296 g/mol. The predicted octanol–water partition coefficient (Wildman–Crippen LogP) is 4.83. The maximum atomic E-state index is 5.74. The minimum atomic E-state index is 0.773. The van der Waals surface area contributed by atoms with Gasteiger partial charge in [0.25, 0.3) is 0 Å². The molecule has 2 aromatic rings. The Morgan fingerprint density at radius 1 is 0.773 bits per heavy atom. The van der Waals surface area contributed by atoms with Crippen LogP contribution in [0.4, 0.5) is 11.4 Å². The van der Waals surface area contributed by atoms with Crippen molar-refractivity contribution in [2.45, 2.75) is 45.4 Å². The molecule has 1 unspecified atom stereocenters. The van der Waals surface area contributed by atoms with E-state index < -0.39 is 0 Å². The van der Waals surface area contributed by atoms with Gasteiger partial charge in [0.1, 0.15) is 0 Å². The van der Waals surface area contributed by atoms with Crippen molar-refractivity contribution in [1.29, 1.82) is 0 Å². The molecule has 2 heteroatoms. The molecule has 118 valence electrons. The maximum absolute atomic E-state index is 5.74. The summed E-state index contributed by atoms with van der Waals surface area (Å²) in [4.78, 5) is 0. The average Bonchev–Trinajstić information content (AvgIpc) is 2.54. The fourth-order valence-electron chi connectivity index (χ4n) is 2.88. The van der Waals surface area contributed by atoms with E-state index in [0.29, 0.717) is 0 Å². The summed E-state index contributed by atoms with van der Waals surface area (Å²) in [7, 11) is 0. The normalized spacial score (nSPS) is 12.2. The van der Waals surface area contributed by atoms with Crippen LogP contribution in [-0.2, 0) is 12.8 Å². The van der Waals surface area contributed by atoms with Crippen LogP contribution in [0, 0.1) is 5.92 Å². The number of anilines is 2. The lowest BCUT2D eigenvalue weighted by atomic mass is 9.91. The molecule has 0 heterocycles. The third kappa shape index (κ3) is 5.44. The second-order valence-corrected chi connectivity index (χ2v) is 6.21. The van der Waals surface area contributed by atoms with Gasteiger partial charge in [-0.25, -0.2) is 0 Å². The van der Waals surface area contributed by atoms with Crippen LogP contribution < -0.4 is 11.5 Å². The Morgan fingerprint density at radius 3 is 1.86 bits per heavy atom. The highest BCUT2D eigenvalue weighted by atomic mass is 14.5. The van der Waals surface area contributed by atoms with Crippen molar-refractivity contribution in [3.05, 3.63) is 59.7 Å². The number of benzene rings is 2. The van der Waals surface area contributed by atoms with Crippen molar-refractivity contribution in [3.8, 4) is 0 Å². The van der Waals surface area contributed by atoms with Crippen molar-refractivity contribution in [1.82, 2.24) is 0 Å². The molecule has 0 aliphatic rings. The van der Waals surface area contributed by atoms with Crippen LogP contribution in [0.2, 0.25) is 0 Å². The van der Waals surface area contributed by atoms with Gasteiger partial charge in [-0.3, -0.25) is 0 Å².